The average molecular weight is 473 g/mol. The summed E-state index contributed by atoms with van der Waals surface area (Å²) in [5, 5.41) is 43.4. The topological polar surface area (TPSA) is 146 Å². The SMILES string of the molecule is N#Cc1cc([N+](=O)[O-])ccc1C(O)C(O)CCNC(=O)OCC1c2ccccc2-c2ccccc21. The minimum Gasteiger partial charge on any atom is -0.449 e. The number of amides is 1. The zero-order valence-corrected chi connectivity index (χ0v) is 18.6. The van der Waals surface area contributed by atoms with Crippen LogP contribution in [0.5, 0.6) is 0 Å². The van der Waals surface area contributed by atoms with Crippen LogP contribution in [0.25, 0.3) is 11.1 Å². The predicted molar refractivity (Wildman–Crippen MR) is 126 cm³/mol. The molecule has 9 heteroatoms. The molecule has 0 radical (unpaired) electrons. The fourth-order valence-corrected chi connectivity index (χ4v) is 4.35. The number of benzene rings is 3. The van der Waals surface area contributed by atoms with Gasteiger partial charge in [0, 0.05) is 30.2 Å². The first-order valence-electron chi connectivity index (χ1n) is 11.0. The Labute approximate surface area is 201 Å². The van der Waals surface area contributed by atoms with Crippen LogP contribution in [0.1, 0.15) is 40.7 Å². The number of carbonyl (C=O) groups is 1. The highest BCUT2D eigenvalue weighted by Crippen LogP contribution is 2.44. The molecule has 4 rings (SSSR count). The number of aliphatic hydroxyl groups excluding tert-OH is 2. The highest BCUT2D eigenvalue weighted by molar-refractivity contribution is 5.79. The van der Waals surface area contributed by atoms with Crippen molar-refractivity contribution >= 4 is 11.8 Å². The molecule has 0 spiro atoms. The fraction of sp³-hybridized carbons (Fsp3) is 0.231. The Kier molecular flexibility index (Phi) is 7.06. The Morgan fingerprint density at radius 2 is 1.71 bits per heavy atom. The number of hydrogen-bond donors (Lipinski definition) is 3. The zero-order chi connectivity index (χ0) is 24.9. The van der Waals surface area contributed by atoms with Crippen molar-refractivity contribution in [3.63, 3.8) is 0 Å². The van der Waals surface area contributed by atoms with E-state index in [0.29, 0.717) is 0 Å². The van der Waals surface area contributed by atoms with Crippen LogP contribution in [0.2, 0.25) is 0 Å². The van der Waals surface area contributed by atoms with Crippen LogP contribution < -0.4 is 5.32 Å². The minimum absolute atomic E-state index is 0.0176. The van der Waals surface area contributed by atoms with E-state index in [4.69, 9.17) is 4.74 Å². The summed E-state index contributed by atoms with van der Waals surface area (Å²) in [6.07, 6.45) is -3.43. The molecule has 35 heavy (non-hydrogen) atoms. The summed E-state index contributed by atoms with van der Waals surface area (Å²) in [7, 11) is 0. The lowest BCUT2D eigenvalue weighted by Crippen LogP contribution is -2.30. The molecule has 0 fully saturated rings. The van der Waals surface area contributed by atoms with E-state index < -0.39 is 23.2 Å². The molecule has 0 saturated heterocycles. The molecule has 3 aromatic carbocycles. The summed E-state index contributed by atoms with van der Waals surface area (Å²) in [4.78, 5) is 22.5. The summed E-state index contributed by atoms with van der Waals surface area (Å²) < 4.78 is 5.44. The fourth-order valence-electron chi connectivity index (χ4n) is 4.35. The summed E-state index contributed by atoms with van der Waals surface area (Å²) in [5.74, 6) is -0.0768. The van der Waals surface area contributed by atoms with Crippen LogP contribution in [0, 0.1) is 21.4 Å². The van der Waals surface area contributed by atoms with Gasteiger partial charge in [-0.05, 0) is 34.7 Å². The molecule has 9 nitrogen and oxygen atoms in total. The third-order valence-corrected chi connectivity index (χ3v) is 6.10. The van der Waals surface area contributed by atoms with Gasteiger partial charge in [0.15, 0.2) is 0 Å². The maximum Gasteiger partial charge on any atom is 0.407 e. The van der Waals surface area contributed by atoms with E-state index in [1.54, 1.807) is 6.07 Å². The number of nitro benzene ring substituents is 1. The molecule has 3 N–H and O–H groups in total. The number of alkyl carbamates (subject to hydrolysis) is 1. The number of hydrogen-bond acceptors (Lipinski definition) is 7. The maximum absolute atomic E-state index is 12.3. The number of nitro groups is 1. The Morgan fingerprint density at radius 3 is 2.31 bits per heavy atom. The van der Waals surface area contributed by atoms with Crippen molar-refractivity contribution in [1.82, 2.24) is 5.32 Å². The average Bonchev–Trinajstić information content (AvgIpc) is 3.20. The highest BCUT2D eigenvalue weighted by Gasteiger charge is 2.29. The summed E-state index contributed by atoms with van der Waals surface area (Å²) >= 11 is 0. The number of fused-ring (bicyclic) bond motifs is 3. The smallest absolute Gasteiger partial charge is 0.407 e. The number of nitrogens with zero attached hydrogens (tertiary/aromatic N) is 2. The second-order valence-corrected chi connectivity index (χ2v) is 8.19. The van der Waals surface area contributed by atoms with Gasteiger partial charge >= 0.3 is 6.09 Å². The number of ether oxygens (including phenoxy) is 1. The summed E-state index contributed by atoms with van der Waals surface area (Å²) in [5.41, 5.74) is 4.12. The Hall–Kier alpha value is -4.26. The second-order valence-electron chi connectivity index (χ2n) is 8.19. The Balaban J connectivity index is 1.30. The van der Waals surface area contributed by atoms with Gasteiger partial charge in [0.2, 0.25) is 0 Å². The van der Waals surface area contributed by atoms with Crippen molar-refractivity contribution in [3.05, 3.63) is 99.1 Å². The number of aliphatic hydroxyl groups is 2. The molecule has 0 saturated carbocycles. The van der Waals surface area contributed by atoms with Gasteiger partial charge in [0.05, 0.1) is 22.7 Å². The lowest BCUT2D eigenvalue weighted by atomic mass is 9.97. The standard InChI is InChI=1S/C26H23N3O6/c27-14-16-13-17(29(33)34)9-10-18(16)25(31)24(30)11-12-28-26(32)35-15-23-21-7-3-1-5-19(21)20-6-2-4-8-22(20)23/h1-10,13,23-25,30-31H,11-12,15H2,(H,28,32). The van der Waals surface area contributed by atoms with Crippen LogP contribution in [0.15, 0.2) is 66.7 Å². The van der Waals surface area contributed by atoms with Gasteiger partial charge in [0.25, 0.3) is 5.69 Å². The van der Waals surface area contributed by atoms with E-state index in [0.717, 1.165) is 34.4 Å². The number of nitrogens with one attached hydrogen (secondary N) is 1. The molecule has 0 aliphatic heterocycles. The van der Waals surface area contributed by atoms with Crippen LogP contribution in [-0.2, 0) is 4.74 Å². The minimum atomic E-state index is -1.45. The van der Waals surface area contributed by atoms with E-state index in [9.17, 15) is 30.4 Å². The molecule has 1 aliphatic carbocycles. The van der Waals surface area contributed by atoms with Gasteiger partial charge in [-0.25, -0.2) is 4.79 Å². The van der Waals surface area contributed by atoms with Crippen LogP contribution >= 0.6 is 0 Å². The molecular weight excluding hydrogens is 450 g/mol. The number of carbonyl (C=O) groups excluding carboxylic acids is 1. The van der Waals surface area contributed by atoms with Crippen LogP contribution in [0.4, 0.5) is 10.5 Å². The third-order valence-electron chi connectivity index (χ3n) is 6.10. The normalized spacial score (nSPS) is 13.7. The monoisotopic (exact) mass is 473 g/mol. The van der Waals surface area contributed by atoms with Crippen molar-refractivity contribution in [2.45, 2.75) is 24.5 Å². The second kappa shape index (κ2) is 10.3. The van der Waals surface area contributed by atoms with Gasteiger partial charge in [0.1, 0.15) is 12.7 Å². The first-order chi connectivity index (χ1) is 16.9. The molecule has 178 valence electrons. The predicted octanol–water partition coefficient (Wildman–Crippen LogP) is 3.79. The lowest BCUT2D eigenvalue weighted by molar-refractivity contribution is -0.384. The van der Waals surface area contributed by atoms with Crippen LogP contribution in [0.3, 0.4) is 0 Å². The molecule has 2 atom stereocenters. The molecule has 3 aromatic rings. The molecule has 1 amide bonds. The number of non-ortho nitro benzene ring substituents is 1. The van der Waals surface area contributed by atoms with Crippen molar-refractivity contribution in [1.29, 1.82) is 5.26 Å². The third kappa shape index (κ3) is 4.99. The van der Waals surface area contributed by atoms with Crippen molar-refractivity contribution in [2.75, 3.05) is 13.2 Å². The van der Waals surface area contributed by atoms with E-state index in [1.165, 1.54) is 6.07 Å². The summed E-state index contributed by atoms with van der Waals surface area (Å²) in [6.45, 7) is 0.170. The van der Waals surface area contributed by atoms with Crippen molar-refractivity contribution in [3.8, 4) is 17.2 Å². The molecule has 1 aliphatic rings. The van der Waals surface area contributed by atoms with Gasteiger partial charge in [-0.3, -0.25) is 10.1 Å². The first-order valence-corrected chi connectivity index (χ1v) is 11.0. The molecule has 0 aromatic heterocycles. The van der Waals surface area contributed by atoms with Gasteiger partial charge < -0.3 is 20.3 Å². The van der Waals surface area contributed by atoms with Crippen LogP contribution in [-0.4, -0.2) is 40.5 Å². The Bertz CT molecular complexity index is 1260. The van der Waals surface area contributed by atoms with Gasteiger partial charge in [-0.1, -0.05) is 48.5 Å². The number of nitriles is 1. The molecule has 0 bridgehead atoms. The molecule has 2 unspecified atom stereocenters. The zero-order valence-electron chi connectivity index (χ0n) is 18.6. The summed E-state index contributed by atoms with van der Waals surface area (Å²) in [6, 6.07) is 21.2. The molecule has 0 heterocycles. The maximum atomic E-state index is 12.3. The largest absolute Gasteiger partial charge is 0.449 e. The Morgan fingerprint density at radius 1 is 1.09 bits per heavy atom. The lowest BCUT2D eigenvalue weighted by Gasteiger charge is -2.19. The van der Waals surface area contributed by atoms with E-state index in [2.05, 4.69) is 5.32 Å². The highest BCUT2D eigenvalue weighted by atomic mass is 16.6. The number of rotatable bonds is 8. The van der Waals surface area contributed by atoms with Gasteiger partial charge in [-0.15, -0.1) is 0 Å². The van der Waals surface area contributed by atoms with E-state index in [-0.39, 0.29) is 42.3 Å². The van der Waals surface area contributed by atoms with E-state index in [1.807, 2.05) is 48.5 Å². The van der Waals surface area contributed by atoms with Crippen molar-refractivity contribution < 1.29 is 24.7 Å². The van der Waals surface area contributed by atoms with E-state index >= 15 is 0 Å². The van der Waals surface area contributed by atoms with Gasteiger partial charge in [-0.2, -0.15) is 5.26 Å². The van der Waals surface area contributed by atoms with Crippen molar-refractivity contribution in [2.24, 2.45) is 0 Å². The molecular formula is C26H23N3O6. The first kappa shape index (κ1) is 23.9. The quantitative estimate of drug-likeness (QED) is 0.333.